The van der Waals surface area contributed by atoms with Crippen LogP contribution in [0.25, 0.3) is 0 Å². The lowest BCUT2D eigenvalue weighted by Crippen LogP contribution is -1.96. The Balaban J connectivity index is 2.59. The number of halogens is 1. The van der Waals surface area contributed by atoms with E-state index in [0.717, 1.165) is 24.0 Å². The van der Waals surface area contributed by atoms with E-state index in [1.807, 2.05) is 19.1 Å². The minimum atomic E-state index is -0.741. The lowest BCUT2D eigenvalue weighted by atomic mass is 10.0. The van der Waals surface area contributed by atoms with Gasteiger partial charge in [-0.25, -0.2) is 0 Å². The molecule has 3 nitrogen and oxygen atoms in total. The molecule has 17 heavy (non-hydrogen) atoms. The number of carboxylic acids is 1. The highest BCUT2D eigenvalue weighted by Crippen LogP contribution is 2.28. The molecule has 1 aromatic rings. The molecule has 0 amide bonds. The molecule has 0 spiro atoms. The zero-order valence-electron chi connectivity index (χ0n) is 10.1. The van der Waals surface area contributed by atoms with Gasteiger partial charge in [0.1, 0.15) is 5.75 Å². The van der Waals surface area contributed by atoms with Crippen molar-refractivity contribution in [3.8, 4) is 5.75 Å². The van der Waals surface area contributed by atoms with E-state index in [0.29, 0.717) is 17.2 Å². The first-order valence-electron chi connectivity index (χ1n) is 5.59. The summed E-state index contributed by atoms with van der Waals surface area (Å²) in [5.74, 6) is -0.0621. The van der Waals surface area contributed by atoms with Crippen molar-refractivity contribution in [2.45, 2.75) is 32.6 Å². The number of benzene rings is 1. The van der Waals surface area contributed by atoms with Crippen LogP contribution >= 0.6 is 11.6 Å². The fraction of sp³-hybridized carbons (Fsp3) is 0.462. The van der Waals surface area contributed by atoms with Crippen LogP contribution in [0.5, 0.6) is 5.75 Å². The Bertz CT molecular complexity index is 402. The molecule has 0 unspecified atom stereocenters. The maximum atomic E-state index is 10.4. The second kappa shape index (κ2) is 6.50. The number of unbranched alkanes of at least 4 members (excludes halogenated alkanes) is 1. The fourth-order valence-electron chi connectivity index (χ4n) is 1.71. The zero-order valence-corrected chi connectivity index (χ0v) is 10.9. The van der Waals surface area contributed by atoms with Crippen LogP contribution in [0.2, 0.25) is 5.02 Å². The number of methoxy groups -OCH3 is 1. The van der Waals surface area contributed by atoms with Gasteiger partial charge in [-0.1, -0.05) is 11.6 Å². The molecule has 0 bridgehead atoms. The highest BCUT2D eigenvalue weighted by molar-refractivity contribution is 6.32. The van der Waals surface area contributed by atoms with Crippen LogP contribution in [0, 0.1) is 6.92 Å². The first-order valence-corrected chi connectivity index (χ1v) is 5.97. The third-order valence-corrected chi connectivity index (χ3v) is 2.99. The van der Waals surface area contributed by atoms with E-state index in [-0.39, 0.29) is 6.42 Å². The highest BCUT2D eigenvalue weighted by atomic mass is 35.5. The van der Waals surface area contributed by atoms with Gasteiger partial charge in [0.25, 0.3) is 0 Å². The average molecular weight is 257 g/mol. The first-order chi connectivity index (χ1) is 8.04. The third kappa shape index (κ3) is 4.27. The molecule has 0 aliphatic heterocycles. The number of hydrogen-bond donors (Lipinski definition) is 1. The monoisotopic (exact) mass is 256 g/mol. The van der Waals surface area contributed by atoms with E-state index in [9.17, 15) is 4.79 Å². The molecule has 4 heteroatoms. The van der Waals surface area contributed by atoms with Gasteiger partial charge in [0.2, 0.25) is 0 Å². The Hall–Kier alpha value is -1.22. The van der Waals surface area contributed by atoms with Crippen LogP contribution in [0.1, 0.15) is 30.4 Å². The topological polar surface area (TPSA) is 46.5 Å². The number of rotatable bonds is 6. The molecule has 0 saturated heterocycles. The summed E-state index contributed by atoms with van der Waals surface area (Å²) < 4.78 is 5.13. The summed E-state index contributed by atoms with van der Waals surface area (Å²) >= 11 is 6.05. The molecule has 0 aromatic heterocycles. The summed E-state index contributed by atoms with van der Waals surface area (Å²) in [4.78, 5) is 10.4. The SMILES string of the molecule is COc1cc(C)c(CCCCC(=O)O)cc1Cl. The molecular weight excluding hydrogens is 240 g/mol. The van der Waals surface area contributed by atoms with Gasteiger partial charge < -0.3 is 9.84 Å². The smallest absolute Gasteiger partial charge is 0.303 e. The van der Waals surface area contributed by atoms with Crippen molar-refractivity contribution in [3.63, 3.8) is 0 Å². The maximum Gasteiger partial charge on any atom is 0.303 e. The van der Waals surface area contributed by atoms with E-state index < -0.39 is 5.97 Å². The largest absolute Gasteiger partial charge is 0.495 e. The quantitative estimate of drug-likeness (QED) is 0.793. The average Bonchev–Trinajstić information content (AvgIpc) is 2.28. The number of ether oxygens (including phenoxy) is 1. The van der Waals surface area contributed by atoms with Gasteiger partial charge in [-0.2, -0.15) is 0 Å². The number of carbonyl (C=O) groups is 1. The van der Waals surface area contributed by atoms with Crippen LogP contribution in [0.15, 0.2) is 12.1 Å². The summed E-state index contributed by atoms with van der Waals surface area (Å²) in [6, 6.07) is 3.81. The molecule has 0 saturated carbocycles. The minimum absolute atomic E-state index is 0.225. The summed E-state index contributed by atoms with van der Waals surface area (Å²) in [5.41, 5.74) is 2.28. The first kappa shape index (κ1) is 13.8. The molecule has 1 aromatic carbocycles. The van der Waals surface area contributed by atoms with Crippen molar-refractivity contribution >= 4 is 17.6 Å². The summed E-state index contributed by atoms with van der Waals surface area (Å²) in [7, 11) is 1.59. The van der Waals surface area contributed by atoms with Crippen LogP contribution in [0.3, 0.4) is 0 Å². The number of aryl methyl sites for hydroxylation is 2. The number of hydrogen-bond acceptors (Lipinski definition) is 2. The Morgan fingerprint density at radius 1 is 1.41 bits per heavy atom. The van der Waals surface area contributed by atoms with Crippen molar-refractivity contribution in [1.29, 1.82) is 0 Å². The van der Waals surface area contributed by atoms with Crippen molar-refractivity contribution in [2.75, 3.05) is 7.11 Å². The molecule has 1 N–H and O–H groups in total. The standard InChI is InChI=1S/C13H17ClO3/c1-9-7-12(17-2)11(14)8-10(9)5-3-4-6-13(15)16/h7-8H,3-6H2,1-2H3,(H,15,16). The molecule has 0 atom stereocenters. The normalized spacial score (nSPS) is 10.3. The van der Waals surface area contributed by atoms with Gasteiger partial charge in [-0.05, 0) is 49.4 Å². The van der Waals surface area contributed by atoms with E-state index in [2.05, 4.69) is 0 Å². The summed E-state index contributed by atoms with van der Waals surface area (Å²) in [6.07, 6.45) is 2.62. The van der Waals surface area contributed by atoms with Gasteiger partial charge >= 0.3 is 5.97 Å². The van der Waals surface area contributed by atoms with Crippen molar-refractivity contribution < 1.29 is 14.6 Å². The molecule has 94 valence electrons. The van der Waals surface area contributed by atoms with Crippen LogP contribution in [-0.2, 0) is 11.2 Å². The Labute approximate surface area is 106 Å². The molecule has 1 rings (SSSR count). The van der Waals surface area contributed by atoms with Gasteiger partial charge in [0.15, 0.2) is 0 Å². The Morgan fingerprint density at radius 3 is 2.71 bits per heavy atom. The van der Waals surface area contributed by atoms with Crippen molar-refractivity contribution in [2.24, 2.45) is 0 Å². The van der Waals surface area contributed by atoms with Gasteiger partial charge in [-0.15, -0.1) is 0 Å². The lowest BCUT2D eigenvalue weighted by Gasteiger charge is -2.09. The summed E-state index contributed by atoms with van der Waals surface area (Å²) in [6.45, 7) is 2.01. The third-order valence-electron chi connectivity index (χ3n) is 2.70. The molecule has 0 fully saturated rings. The zero-order chi connectivity index (χ0) is 12.8. The van der Waals surface area contributed by atoms with Crippen LogP contribution in [0.4, 0.5) is 0 Å². The molecule has 0 aliphatic rings. The van der Waals surface area contributed by atoms with Gasteiger partial charge in [0, 0.05) is 6.42 Å². The van der Waals surface area contributed by atoms with Crippen molar-refractivity contribution in [1.82, 2.24) is 0 Å². The van der Waals surface area contributed by atoms with Gasteiger partial charge in [-0.3, -0.25) is 4.79 Å². The molecule has 0 aliphatic carbocycles. The summed E-state index contributed by atoms with van der Waals surface area (Å²) in [5, 5.41) is 9.14. The second-order valence-corrected chi connectivity index (χ2v) is 4.42. The predicted octanol–water partition coefficient (Wildman–Crippen LogP) is 3.45. The Morgan fingerprint density at radius 2 is 2.12 bits per heavy atom. The Kier molecular flexibility index (Phi) is 5.29. The lowest BCUT2D eigenvalue weighted by molar-refractivity contribution is -0.137. The minimum Gasteiger partial charge on any atom is -0.495 e. The molecule has 0 radical (unpaired) electrons. The van der Waals surface area contributed by atoms with E-state index in [1.165, 1.54) is 0 Å². The van der Waals surface area contributed by atoms with E-state index in [4.69, 9.17) is 21.4 Å². The van der Waals surface area contributed by atoms with Crippen molar-refractivity contribution in [3.05, 3.63) is 28.3 Å². The number of carboxylic acid groups (broad SMARTS) is 1. The highest BCUT2D eigenvalue weighted by Gasteiger charge is 2.06. The maximum absolute atomic E-state index is 10.4. The predicted molar refractivity (Wildman–Crippen MR) is 67.9 cm³/mol. The van der Waals surface area contributed by atoms with Crippen LogP contribution in [-0.4, -0.2) is 18.2 Å². The second-order valence-electron chi connectivity index (χ2n) is 4.01. The number of aliphatic carboxylic acids is 1. The van der Waals surface area contributed by atoms with E-state index in [1.54, 1.807) is 7.11 Å². The van der Waals surface area contributed by atoms with Gasteiger partial charge in [0.05, 0.1) is 12.1 Å². The fourth-order valence-corrected chi connectivity index (χ4v) is 1.98. The molecule has 0 heterocycles. The van der Waals surface area contributed by atoms with Crippen LogP contribution < -0.4 is 4.74 Å². The molecular formula is C13H17ClO3. The van der Waals surface area contributed by atoms with E-state index >= 15 is 0 Å².